The van der Waals surface area contributed by atoms with Gasteiger partial charge in [-0.05, 0) is 40.0 Å². The fraction of sp³-hybridized carbons (Fsp3) is 0.154. The highest BCUT2D eigenvalue weighted by atomic mass is 79.9. The summed E-state index contributed by atoms with van der Waals surface area (Å²) in [4.78, 5) is 4.11. The highest BCUT2D eigenvalue weighted by molar-refractivity contribution is 9.10. The highest BCUT2D eigenvalue weighted by Crippen LogP contribution is 2.31. The number of rotatable bonds is 4. The molecule has 0 aliphatic heterocycles. The van der Waals surface area contributed by atoms with Crippen LogP contribution in [-0.2, 0) is 6.42 Å². The van der Waals surface area contributed by atoms with E-state index in [0.29, 0.717) is 27.5 Å². The molecular formula is C13H11BrClNO2. The third-order valence-electron chi connectivity index (χ3n) is 2.33. The number of hydrogen-bond donors (Lipinski definition) is 1. The largest absolute Gasteiger partial charge is 0.438 e. The zero-order valence-corrected chi connectivity index (χ0v) is 11.8. The summed E-state index contributed by atoms with van der Waals surface area (Å²) in [6.45, 7) is 0.0790. The quantitative estimate of drug-likeness (QED) is 0.927. The van der Waals surface area contributed by atoms with Crippen LogP contribution in [0.15, 0.2) is 41.0 Å². The van der Waals surface area contributed by atoms with E-state index >= 15 is 0 Å². The first-order valence-electron chi connectivity index (χ1n) is 5.38. The fourth-order valence-electron chi connectivity index (χ4n) is 1.51. The number of ether oxygens (including phenoxy) is 1. The summed E-state index contributed by atoms with van der Waals surface area (Å²) in [5, 5.41) is 9.54. The number of aliphatic hydroxyl groups is 1. The predicted molar refractivity (Wildman–Crippen MR) is 74.3 cm³/mol. The van der Waals surface area contributed by atoms with Gasteiger partial charge in [-0.2, -0.15) is 0 Å². The highest BCUT2D eigenvalue weighted by Gasteiger charge is 2.08. The maximum Gasteiger partial charge on any atom is 0.233 e. The van der Waals surface area contributed by atoms with E-state index < -0.39 is 0 Å². The fourth-order valence-corrected chi connectivity index (χ4v) is 2.23. The minimum absolute atomic E-state index is 0.0790. The normalized spacial score (nSPS) is 10.4. The van der Waals surface area contributed by atoms with Crippen LogP contribution in [0.25, 0.3) is 0 Å². The number of para-hydroxylation sites is 1. The van der Waals surface area contributed by atoms with Gasteiger partial charge in [0.25, 0.3) is 0 Å². The van der Waals surface area contributed by atoms with E-state index in [1.807, 2.05) is 24.3 Å². The van der Waals surface area contributed by atoms with Gasteiger partial charge in [0.2, 0.25) is 5.88 Å². The van der Waals surface area contributed by atoms with Gasteiger partial charge in [0.1, 0.15) is 5.75 Å². The van der Waals surface area contributed by atoms with Crippen molar-refractivity contribution in [2.75, 3.05) is 6.61 Å². The number of hydrogen-bond acceptors (Lipinski definition) is 3. The molecule has 2 rings (SSSR count). The molecule has 0 radical (unpaired) electrons. The molecule has 0 unspecified atom stereocenters. The lowest BCUT2D eigenvalue weighted by Crippen LogP contribution is -1.96. The van der Waals surface area contributed by atoms with Gasteiger partial charge < -0.3 is 9.84 Å². The number of benzene rings is 1. The van der Waals surface area contributed by atoms with Gasteiger partial charge in [-0.1, -0.05) is 29.8 Å². The number of halogens is 2. The monoisotopic (exact) mass is 327 g/mol. The Kier molecular flexibility index (Phi) is 4.58. The molecule has 2 aromatic rings. The Hall–Kier alpha value is -1.10. The second-order valence-corrected chi connectivity index (χ2v) is 4.91. The van der Waals surface area contributed by atoms with Crippen LogP contribution in [0, 0.1) is 0 Å². The second kappa shape index (κ2) is 6.18. The van der Waals surface area contributed by atoms with Crippen LogP contribution in [0.2, 0.25) is 5.02 Å². The third-order valence-corrected chi connectivity index (χ3v) is 3.11. The molecule has 0 fully saturated rings. The smallest absolute Gasteiger partial charge is 0.233 e. The molecule has 3 nitrogen and oxygen atoms in total. The van der Waals surface area contributed by atoms with Crippen molar-refractivity contribution in [3.8, 4) is 11.6 Å². The summed E-state index contributed by atoms with van der Waals surface area (Å²) in [6, 6.07) is 9.25. The lowest BCUT2D eigenvalue weighted by molar-refractivity contribution is 0.297. The van der Waals surface area contributed by atoms with Crippen molar-refractivity contribution >= 4 is 27.5 Å². The van der Waals surface area contributed by atoms with Crippen LogP contribution < -0.4 is 4.74 Å². The van der Waals surface area contributed by atoms with Crippen molar-refractivity contribution in [3.05, 3.63) is 51.6 Å². The summed E-state index contributed by atoms with van der Waals surface area (Å²) in [5.41, 5.74) is 0.934. The van der Waals surface area contributed by atoms with Gasteiger partial charge in [0.15, 0.2) is 0 Å². The van der Waals surface area contributed by atoms with E-state index in [1.54, 1.807) is 6.07 Å². The molecule has 1 N–H and O–H groups in total. The van der Waals surface area contributed by atoms with Crippen LogP contribution in [0.5, 0.6) is 11.6 Å². The van der Waals surface area contributed by atoms with Crippen LogP contribution in [0.3, 0.4) is 0 Å². The third kappa shape index (κ3) is 3.22. The molecule has 0 saturated carbocycles. The van der Waals surface area contributed by atoms with E-state index in [4.69, 9.17) is 21.4 Å². The second-order valence-electron chi connectivity index (χ2n) is 3.62. The molecular weight excluding hydrogens is 318 g/mol. The zero-order chi connectivity index (χ0) is 13.0. The van der Waals surface area contributed by atoms with Crippen LogP contribution >= 0.6 is 27.5 Å². The molecule has 0 atom stereocenters. The average Bonchev–Trinajstić information content (AvgIpc) is 2.35. The van der Waals surface area contributed by atoms with E-state index in [0.717, 1.165) is 5.56 Å². The zero-order valence-electron chi connectivity index (χ0n) is 9.44. The van der Waals surface area contributed by atoms with Crippen molar-refractivity contribution in [1.82, 2.24) is 4.98 Å². The van der Waals surface area contributed by atoms with Crippen molar-refractivity contribution in [2.24, 2.45) is 0 Å². The molecule has 1 aromatic heterocycles. The molecule has 94 valence electrons. The molecule has 0 aliphatic rings. The summed E-state index contributed by atoms with van der Waals surface area (Å²) in [7, 11) is 0. The van der Waals surface area contributed by atoms with Gasteiger partial charge in [0.05, 0.1) is 9.50 Å². The maximum atomic E-state index is 9.00. The van der Waals surface area contributed by atoms with Crippen molar-refractivity contribution in [2.45, 2.75) is 6.42 Å². The Morgan fingerprint density at radius 2 is 2.11 bits per heavy atom. The van der Waals surface area contributed by atoms with Gasteiger partial charge in [-0.15, -0.1) is 0 Å². The first-order chi connectivity index (χ1) is 8.70. The Morgan fingerprint density at radius 1 is 1.33 bits per heavy atom. The van der Waals surface area contributed by atoms with Crippen LogP contribution in [0.4, 0.5) is 0 Å². The lowest BCUT2D eigenvalue weighted by atomic mass is 10.1. The predicted octanol–water partition coefficient (Wildman–Crippen LogP) is 3.82. The molecule has 0 amide bonds. The minimum Gasteiger partial charge on any atom is -0.438 e. The molecule has 0 bridgehead atoms. The average molecular weight is 329 g/mol. The standard InChI is InChI=1S/C13H11BrClNO2/c14-11-7-10(15)8-16-13(11)18-12-4-2-1-3-9(12)5-6-17/h1-4,7-8,17H,5-6H2. The van der Waals surface area contributed by atoms with E-state index in [9.17, 15) is 0 Å². The molecule has 5 heteroatoms. The SMILES string of the molecule is OCCc1ccccc1Oc1ncc(Cl)cc1Br. The summed E-state index contributed by atoms with van der Waals surface area (Å²) in [6.07, 6.45) is 2.07. The number of aliphatic hydroxyl groups excluding tert-OH is 1. The Morgan fingerprint density at radius 3 is 2.83 bits per heavy atom. The molecule has 0 spiro atoms. The number of nitrogens with zero attached hydrogens (tertiary/aromatic N) is 1. The summed E-state index contributed by atoms with van der Waals surface area (Å²) < 4.78 is 6.41. The maximum absolute atomic E-state index is 9.00. The topological polar surface area (TPSA) is 42.4 Å². The minimum atomic E-state index is 0.0790. The van der Waals surface area contributed by atoms with Crippen molar-refractivity contribution in [1.29, 1.82) is 0 Å². The van der Waals surface area contributed by atoms with Gasteiger partial charge in [0, 0.05) is 12.8 Å². The van der Waals surface area contributed by atoms with Gasteiger partial charge >= 0.3 is 0 Å². The Balaban J connectivity index is 2.28. The van der Waals surface area contributed by atoms with Crippen LogP contribution in [-0.4, -0.2) is 16.7 Å². The first-order valence-corrected chi connectivity index (χ1v) is 6.55. The van der Waals surface area contributed by atoms with Crippen molar-refractivity contribution in [3.63, 3.8) is 0 Å². The van der Waals surface area contributed by atoms with E-state index in [1.165, 1.54) is 6.20 Å². The van der Waals surface area contributed by atoms with Crippen LogP contribution in [0.1, 0.15) is 5.56 Å². The number of aromatic nitrogens is 1. The molecule has 1 aromatic carbocycles. The first kappa shape index (κ1) is 13.3. The van der Waals surface area contributed by atoms with E-state index in [-0.39, 0.29) is 6.61 Å². The van der Waals surface area contributed by atoms with E-state index in [2.05, 4.69) is 20.9 Å². The van der Waals surface area contributed by atoms with Crippen molar-refractivity contribution < 1.29 is 9.84 Å². The molecule has 18 heavy (non-hydrogen) atoms. The number of pyridine rings is 1. The molecule has 0 saturated heterocycles. The van der Waals surface area contributed by atoms with Gasteiger partial charge in [-0.25, -0.2) is 4.98 Å². The summed E-state index contributed by atoms with van der Waals surface area (Å²) in [5.74, 6) is 1.13. The Labute approximate surface area is 119 Å². The summed E-state index contributed by atoms with van der Waals surface area (Å²) >= 11 is 9.17. The molecule has 0 aliphatic carbocycles. The Bertz CT molecular complexity index is 548. The lowest BCUT2D eigenvalue weighted by Gasteiger charge is -2.10. The molecule has 1 heterocycles. The van der Waals surface area contributed by atoms with Gasteiger partial charge in [-0.3, -0.25) is 0 Å².